The number of hydrogen-bond acceptors (Lipinski definition) is 15. The Labute approximate surface area is 457 Å². The minimum atomic E-state index is -1.70. The van der Waals surface area contributed by atoms with E-state index in [1.54, 1.807) is 74.5 Å². The number of aromatic nitrogens is 2. The third kappa shape index (κ3) is 19.5. The van der Waals surface area contributed by atoms with Crippen molar-refractivity contribution in [2.24, 2.45) is 17.4 Å². The molecule has 15 N–H and O–H groups in total. The van der Waals surface area contributed by atoms with E-state index in [0.29, 0.717) is 49.0 Å². The van der Waals surface area contributed by atoms with E-state index in [1.165, 1.54) is 24.3 Å². The zero-order chi connectivity index (χ0) is 57.5. The predicted octanol–water partition coefficient (Wildman–Crippen LogP) is -1.81. The molecule has 1 saturated heterocycles. The molecule has 0 aliphatic carbocycles. The monoisotopic (exact) mass is 1110 g/mol. The van der Waals surface area contributed by atoms with Gasteiger partial charge < -0.3 is 73.9 Å². The van der Waals surface area contributed by atoms with Crippen LogP contribution in [-0.2, 0) is 67.2 Å². The number of rotatable bonds is 32. The summed E-state index contributed by atoms with van der Waals surface area (Å²) in [6, 6.07) is 4.99. The van der Waals surface area contributed by atoms with Crippen LogP contribution in [0.25, 0.3) is 0 Å². The van der Waals surface area contributed by atoms with Crippen molar-refractivity contribution in [2.45, 2.75) is 145 Å². The van der Waals surface area contributed by atoms with E-state index < -0.39 is 132 Å². The van der Waals surface area contributed by atoms with Crippen LogP contribution in [0.2, 0.25) is 0 Å². The van der Waals surface area contributed by atoms with Crippen LogP contribution in [0.5, 0.6) is 0 Å². The zero-order valence-electron chi connectivity index (χ0n) is 43.9. The Morgan fingerprint density at radius 3 is 1.81 bits per heavy atom. The number of unbranched alkanes of at least 4 members (excludes halogenated alkanes) is 1. The van der Waals surface area contributed by atoms with Gasteiger partial charge in [-0.05, 0) is 62.6 Å². The number of benzene rings is 2. The van der Waals surface area contributed by atoms with Crippen LogP contribution in [0, 0.1) is 5.92 Å². The largest absolute Gasteiger partial charge is 0.481 e. The molecule has 1 fully saturated rings. The molecule has 26 heteroatoms. The number of carbonyl (C=O) groups excluding carboxylic acids is 8. The quantitative estimate of drug-likeness (QED) is 0.0242. The van der Waals surface area contributed by atoms with Gasteiger partial charge in [-0.2, -0.15) is 12.6 Å². The van der Waals surface area contributed by atoms with Crippen LogP contribution in [0.15, 0.2) is 73.2 Å². The van der Waals surface area contributed by atoms with Crippen molar-refractivity contribution >= 4 is 71.8 Å². The summed E-state index contributed by atoms with van der Waals surface area (Å²) in [6.07, 6.45) is 1.99. The number of imidazole rings is 1. The molecule has 1 aliphatic rings. The second-order valence-electron chi connectivity index (χ2n) is 19.3. The molecule has 11 atom stereocenters. The van der Waals surface area contributed by atoms with Gasteiger partial charge in [-0.15, -0.1) is 0 Å². The molecule has 0 saturated carbocycles. The van der Waals surface area contributed by atoms with Crippen LogP contribution >= 0.6 is 12.6 Å². The first-order valence-corrected chi connectivity index (χ1v) is 26.5. The van der Waals surface area contributed by atoms with E-state index in [0.717, 1.165) is 0 Å². The highest BCUT2D eigenvalue weighted by Gasteiger charge is 2.41. The van der Waals surface area contributed by atoms with Gasteiger partial charge >= 0.3 is 11.9 Å². The first-order valence-electron chi connectivity index (χ1n) is 25.8. The fourth-order valence-electron chi connectivity index (χ4n) is 8.62. The lowest BCUT2D eigenvalue weighted by Gasteiger charge is -2.31. The van der Waals surface area contributed by atoms with Crippen molar-refractivity contribution < 1.29 is 63.3 Å². The molecular formula is C52H74N12O13S. The summed E-state index contributed by atoms with van der Waals surface area (Å²) in [4.78, 5) is 143. The Hall–Kier alpha value is -7.42. The van der Waals surface area contributed by atoms with Crippen molar-refractivity contribution in [3.05, 3.63) is 90.0 Å². The molecule has 0 radical (unpaired) electrons. The van der Waals surface area contributed by atoms with Crippen molar-refractivity contribution in [3.63, 3.8) is 0 Å². The number of carbonyl (C=O) groups is 10. The Bertz CT molecular complexity index is 2490. The highest BCUT2D eigenvalue weighted by molar-refractivity contribution is 7.80. The standard InChI is InChI=1S/C52H74N12O13S/c1-4-29(2)42(49(73)57-35(18-11-12-20-53)45(69)60-38(52(76)77)23-32-16-9-6-10-17-32)62-47(71)39(27-78)61-48(72)40-19-13-21-64(40)51(75)37(22-31-14-7-5-8-15-31)59-46(70)36(24-33-26-55-28-56-33)58-50(74)43(30(3)65)63-44(68)34(54)25-41(66)67/h5-10,14-17,26,28-30,34-40,42-43,65,78H,4,11-13,18-25,27,53-54H2,1-3H3,(H,55,56)(H,57,73)(H,58,74)(H,59,70)(H,60,69)(H,61,72)(H,62,71)(H,63,68)(H,66,67)(H,76,77)/t29-,30+,34-,35-,36-,37-,38-,39-,40-,42-,43-/m0/s1. The number of aliphatic hydroxyl groups is 1. The van der Waals surface area contributed by atoms with Crippen molar-refractivity contribution in [1.82, 2.24) is 52.1 Å². The highest BCUT2D eigenvalue weighted by Crippen LogP contribution is 2.21. The highest BCUT2D eigenvalue weighted by atomic mass is 32.1. The lowest BCUT2D eigenvalue weighted by atomic mass is 9.97. The Morgan fingerprint density at radius 1 is 0.705 bits per heavy atom. The summed E-state index contributed by atoms with van der Waals surface area (Å²) in [5.41, 5.74) is 13.0. The van der Waals surface area contributed by atoms with Crippen LogP contribution in [0.4, 0.5) is 0 Å². The van der Waals surface area contributed by atoms with E-state index in [-0.39, 0.29) is 44.4 Å². The number of nitrogens with one attached hydrogen (secondary N) is 8. The number of nitrogens with zero attached hydrogens (tertiary/aromatic N) is 2. The fourth-order valence-corrected chi connectivity index (χ4v) is 8.88. The van der Waals surface area contributed by atoms with Crippen molar-refractivity contribution in [3.8, 4) is 0 Å². The van der Waals surface area contributed by atoms with Crippen molar-refractivity contribution in [2.75, 3.05) is 18.8 Å². The zero-order valence-corrected chi connectivity index (χ0v) is 44.8. The molecule has 78 heavy (non-hydrogen) atoms. The summed E-state index contributed by atoms with van der Waals surface area (Å²) in [6.45, 7) is 5.05. The number of aliphatic hydroxyl groups excluding tert-OH is 1. The average Bonchev–Trinajstić information content (AvgIpc) is 4.14. The van der Waals surface area contributed by atoms with E-state index in [2.05, 4.69) is 59.8 Å². The number of nitrogens with two attached hydrogens (primary N) is 2. The number of carboxylic acids is 2. The molecule has 4 rings (SSSR count). The first kappa shape index (κ1) is 63.1. The maximum Gasteiger partial charge on any atom is 0.326 e. The number of carboxylic acid groups (broad SMARTS) is 2. The molecular weight excluding hydrogens is 1030 g/mol. The number of H-pyrrole nitrogens is 1. The Morgan fingerprint density at radius 2 is 1.26 bits per heavy atom. The molecule has 2 aromatic carbocycles. The summed E-state index contributed by atoms with van der Waals surface area (Å²) < 4.78 is 0. The molecule has 3 aromatic rings. The maximum absolute atomic E-state index is 14.7. The molecule has 0 unspecified atom stereocenters. The second-order valence-corrected chi connectivity index (χ2v) is 19.6. The number of amides is 8. The minimum Gasteiger partial charge on any atom is -0.481 e. The second kappa shape index (κ2) is 31.7. The van der Waals surface area contributed by atoms with Gasteiger partial charge in [0.15, 0.2) is 0 Å². The van der Waals surface area contributed by atoms with Gasteiger partial charge in [0.05, 0.1) is 24.9 Å². The molecule has 0 spiro atoms. The van der Waals surface area contributed by atoms with E-state index >= 15 is 0 Å². The van der Waals surface area contributed by atoms with Gasteiger partial charge in [0, 0.05) is 43.5 Å². The minimum absolute atomic E-state index is 0.0190. The average molecular weight is 1110 g/mol. The molecule has 8 amide bonds. The molecule has 25 nitrogen and oxygen atoms in total. The Balaban J connectivity index is 1.53. The van der Waals surface area contributed by atoms with Crippen LogP contribution in [0.1, 0.15) is 82.5 Å². The van der Waals surface area contributed by atoms with Gasteiger partial charge in [0.25, 0.3) is 0 Å². The SMILES string of the molecule is CC[C@H](C)[C@H](NC(=O)[C@H](CS)NC(=O)[C@@H]1CCCN1C(=O)[C@H](Cc1ccccc1)NC(=O)[C@H](Cc1cnc[nH]1)NC(=O)[C@@H](NC(=O)[C@@H](N)CC(=O)O)[C@@H](C)O)C(=O)N[C@@H](CCCCN)C(=O)N[C@@H](Cc1ccccc1)C(=O)O. The number of thiol groups is 1. The van der Waals surface area contributed by atoms with E-state index in [4.69, 9.17) is 16.6 Å². The molecule has 0 bridgehead atoms. The summed E-state index contributed by atoms with van der Waals surface area (Å²) in [7, 11) is 0. The number of hydrogen-bond donors (Lipinski definition) is 14. The van der Waals surface area contributed by atoms with Crippen LogP contribution in [-0.4, -0.2) is 169 Å². The normalized spacial score (nSPS) is 17.0. The first-order chi connectivity index (χ1) is 37.2. The predicted molar refractivity (Wildman–Crippen MR) is 287 cm³/mol. The lowest BCUT2D eigenvalue weighted by Crippen LogP contribution is -2.62. The van der Waals surface area contributed by atoms with Gasteiger partial charge in [-0.1, -0.05) is 80.9 Å². The molecule has 1 aliphatic heterocycles. The molecule has 426 valence electrons. The van der Waals surface area contributed by atoms with Gasteiger partial charge in [-0.3, -0.25) is 43.2 Å². The fraction of sp³-hybridized carbons (Fsp3) is 0.519. The molecule has 1 aromatic heterocycles. The van der Waals surface area contributed by atoms with Gasteiger partial charge in [-0.25, -0.2) is 9.78 Å². The smallest absolute Gasteiger partial charge is 0.326 e. The van der Waals surface area contributed by atoms with Crippen LogP contribution in [0.3, 0.4) is 0 Å². The summed E-state index contributed by atoms with van der Waals surface area (Å²) >= 11 is 4.35. The maximum atomic E-state index is 14.7. The number of aliphatic carboxylic acids is 2. The van der Waals surface area contributed by atoms with E-state index in [1.807, 2.05) is 0 Å². The molecule has 2 heterocycles. The van der Waals surface area contributed by atoms with E-state index in [9.17, 15) is 58.2 Å². The lowest BCUT2D eigenvalue weighted by molar-refractivity contribution is -0.143. The third-order valence-corrected chi connectivity index (χ3v) is 13.6. The van der Waals surface area contributed by atoms with Crippen LogP contribution < -0.4 is 48.7 Å². The van der Waals surface area contributed by atoms with Crippen molar-refractivity contribution in [1.29, 1.82) is 0 Å². The Kier molecular flexibility index (Phi) is 25.7. The van der Waals surface area contributed by atoms with Gasteiger partial charge in [0.1, 0.15) is 48.3 Å². The third-order valence-electron chi connectivity index (χ3n) is 13.2. The number of likely N-dealkylation sites (tertiary alicyclic amines) is 1. The number of aromatic amines is 1. The topological polar surface area (TPSA) is 400 Å². The summed E-state index contributed by atoms with van der Waals surface area (Å²) in [5.74, 6) is -10.1. The summed E-state index contributed by atoms with van der Waals surface area (Å²) in [5, 5.41) is 47.7. The van der Waals surface area contributed by atoms with Gasteiger partial charge in [0.2, 0.25) is 47.3 Å².